The molecular formula is C15H32Cl3N5O2. The van der Waals surface area contributed by atoms with Crippen molar-refractivity contribution in [2.45, 2.75) is 37.8 Å². The monoisotopic (exact) mass is 419 g/mol. The number of primary amides is 1. The van der Waals surface area contributed by atoms with E-state index < -0.39 is 11.9 Å². The standard InChI is InChI=1S/C15H29N5O2.3ClH/c1-18-6-4-12(5-7-18)19-8-10-20(11-9-19)15(22)13(16)2-3-14(17)21;;;/h12-13H,2-11,16H2,1H3,(H2,17,21);3*1H/t13-;;;/m1.../s1. The minimum Gasteiger partial charge on any atom is -0.370 e. The molecule has 25 heavy (non-hydrogen) atoms. The van der Waals surface area contributed by atoms with Gasteiger partial charge in [-0.05, 0) is 39.4 Å². The number of piperazine rings is 1. The van der Waals surface area contributed by atoms with Crippen molar-refractivity contribution in [1.29, 1.82) is 0 Å². The van der Waals surface area contributed by atoms with E-state index >= 15 is 0 Å². The largest absolute Gasteiger partial charge is 0.370 e. The fourth-order valence-corrected chi connectivity index (χ4v) is 3.32. The Morgan fingerprint density at radius 3 is 2.00 bits per heavy atom. The van der Waals surface area contributed by atoms with Crippen molar-refractivity contribution in [2.75, 3.05) is 46.3 Å². The second-order valence-corrected chi connectivity index (χ2v) is 6.51. The lowest BCUT2D eigenvalue weighted by Crippen LogP contribution is -2.56. The Balaban J connectivity index is 0. The van der Waals surface area contributed by atoms with Crippen molar-refractivity contribution in [2.24, 2.45) is 11.5 Å². The van der Waals surface area contributed by atoms with Gasteiger partial charge < -0.3 is 21.3 Å². The first-order chi connectivity index (χ1) is 10.5. The Bertz CT molecular complexity index is 401. The number of hydrogen-bond acceptors (Lipinski definition) is 5. The van der Waals surface area contributed by atoms with Crippen LogP contribution in [0.2, 0.25) is 0 Å². The number of likely N-dealkylation sites (tertiary alicyclic amines) is 1. The molecule has 2 amide bonds. The number of carbonyl (C=O) groups excluding carboxylic acids is 2. The molecule has 0 bridgehead atoms. The molecule has 0 aliphatic carbocycles. The topological polar surface area (TPSA) is 95.9 Å². The van der Waals surface area contributed by atoms with Gasteiger partial charge in [-0.2, -0.15) is 0 Å². The van der Waals surface area contributed by atoms with Crippen molar-refractivity contribution < 1.29 is 9.59 Å². The zero-order valence-electron chi connectivity index (χ0n) is 14.8. The average molecular weight is 421 g/mol. The number of hydrogen-bond donors (Lipinski definition) is 2. The molecule has 2 fully saturated rings. The molecule has 0 saturated carbocycles. The number of piperidine rings is 1. The van der Waals surface area contributed by atoms with Gasteiger partial charge in [-0.3, -0.25) is 14.5 Å². The van der Waals surface area contributed by atoms with Crippen molar-refractivity contribution in [3.63, 3.8) is 0 Å². The summed E-state index contributed by atoms with van der Waals surface area (Å²) in [5.41, 5.74) is 11.0. The van der Waals surface area contributed by atoms with Gasteiger partial charge in [-0.25, -0.2) is 0 Å². The lowest BCUT2D eigenvalue weighted by atomic mass is 10.0. The van der Waals surface area contributed by atoms with Crippen molar-refractivity contribution in [3.8, 4) is 0 Å². The average Bonchev–Trinajstić information content (AvgIpc) is 2.53. The summed E-state index contributed by atoms with van der Waals surface area (Å²) in [6.45, 7) is 5.61. The van der Waals surface area contributed by atoms with Crippen LogP contribution >= 0.6 is 37.2 Å². The molecule has 10 heteroatoms. The first-order valence-electron chi connectivity index (χ1n) is 8.22. The molecule has 0 radical (unpaired) electrons. The molecular weight excluding hydrogens is 389 g/mol. The van der Waals surface area contributed by atoms with Gasteiger partial charge in [-0.1, -0.05) is 0 Å². The highest BCUT2D eigenvalue weighted by Crippen LogP contribution is 2.17. The molecule has 2 saturated heterocycles. The second kappa shape index (κ2) is 12.9. The van der Waals surface area contributed by atoms with Crippen molar-refractivity contribution in [1.82, 2.24) is 14.7 Å². The number of nitrogens with two attached hydrogens (primary N) is 2. The third-order valence-electron chi connectivity index (χ3n) is 4.85. The van der Waals surface area contributed by atoms with Gasteiger partial charge in [0.05, 0.1) is 6.04 Å². The Morgan fingerprint density at radius 2 is 1.52 bits per heavy atom. The van der Waals surface area contributed by atoms with Crippen LogP contribution in [0.4, 0.5) is 0 Å². The summed E-state index contributed by atoms with van der Waals surface area (Å²) in [7, 11) is 2.17. The highest BCUT2D eigenvalue weighted by molar-refractivity contribution is 5.86. The first-order valence-corrected chi connectivity index (χ1v) is 8.22. The Hall–Kier alpha value is -0.310. The van der Waals surface area contributed by atoms with E-state index in [9.17, 15) is 9.59 Å². The fourth-order valence-electron chi connectivity index (χ4n) is 3.32. The minimum atomic E-state index is -0.609. The fraction of sp³-hybridized carbons (Fsp3) is 0.867. The summed E-state index contributed by atoms with van der Waals surface area (Å²) >= 11 is 0. The van der Waals surface area contributed by atoms with Gasteiger partial charge in [-0.15, -0.1) is 37.2 Å². The van der Waals surface area contributed by atoms with Gasteiger partial charge >= 0.3 is 0 Å². The molecule has 0 unspecified atom stereocenters. The molecule has 2 aliphatic heterocycles. The molecule has 4 N–H and O–H groups in total. The molecule has 0 aromatic heterocycles. The molecule has 2 rings (SSSR count). The zero-order chi connectivity index (χ0) is 16.1. The van der Waals surface area contributed by atoms with E-state index in [1.807, 2.05) is 4.90 Å². The van der Waals surface area contributed by atoms with Crippen LogP contribution in [0, 0.1) is 0 Å². The number of amides is 2. The van der Waals surface area contributed by atoms with Gasteiger partial charge in [0.25, 0.3) is 0 Å². The maximum absolute atomic E-state index is 12.3. The molecule has 2 heterocycles. The Kier molecular flexibility index (Phi) is 13.9. The van der Waals surface area contributed by atoms with Crippen LogP contribution in [0.1, 0.15) is 25.7 Å². The lowest BCUT2D eigenvalue weighted by Gasteiger charge is -2.42. The van der Waals surface area contributed by atoms with Gasteiger partial charge in [0.1, 0.15) is 0 Å². The van der Waals surface area contributed by atoms with Gasteiger partial charge in [0.2, 0.25) is 11.8 Å². The molecule has 0 aromatic rings. The van der Waals surface area contributed by atoms with Crippen LogP contribution < -0.4 is 11.5 Å². The smallest absolute Gasteiger partial charge is 0.239 e. The molecule has 2 aliphatic rings. The van der Waals surface area contributed by atoms with Crippen LogP contribution in [-0.4, -0.2) is 84.9 Å². The Labute approximate surface area is 169 Å². The second-order valence-electron chi connectivity index (χ2n) is 6.51. The Morgan fingerprint density at radius 1 is 1.00 bits per heavy atom. The van der Waals surface area contributed by atoms with E-state index in [0.717, 1.165) is 39.3 Å². The first kappa shape index (κ1) is 26.9. The molecule has 0 aromatic carbocycles. The van der Waals surface area contributed by atoms with Crippen molar-refractivity contribution >= 4 is 49.0 Å². The summed E-state index contributed by atoms with van der Waals surface area (Å²) in [6.07, 6.45) is 2.93. The minimum absolute atomic E-state index is 0. The highest BCUT2D eigenvalue weighted by atomic mass is 35.5. The normalized spacial score (nSPS) is 20.6. The van der Waals surface area contributed by atoms with Crippen LogP contribution in [0.5, 0.6) is 0 Å². The molecule has 7 nitrogen and oxygen atoms in total. The SMILES string of the molecule is CN1CCC(N2CCN(C(=O)[C@H](N)CCC(N)=O)CC2)CC1.Cl.Cl.Cl. The third kappa shape index (κ3) is 8.28. The number of rotatable bonds is 5. The van der Waals surface area contributed by atoms with E-state index in [4.69, 9.17) is 11.5 Å². The van der Waals surface area contributed by atoms with Crippen LogP contribution in [0.25, 0.3) is 0 Å². The van der Waals surface area contributed by atoms with E-state index in [0.29, 0.717) is 12.5 Å². The van der Waals surface area contributed by atoms with E-state index in [-0.39, 0.29) is 49.5 Å². The summed E-state index contributed by atoms with van der Waals surface area (Å²) in [5.74, 6) is -0.459. The summed E-state index contributed by atoms with van der Waals surface area (Å²) in [6, 6.07) is 0.0411. The quantitative estimate of drug-likeness (QED) is 0.657. The van der Waals surface area contributed by atoms with E-state index in [1.54, 1.807) is 0 Å². The van der Waals surface area contributed by atoms with Gasteiger partial charge in [0.15, 0.2) is 0 Å². The third-order valence-corrected chi connectivity index (χ3v) is 4.85. The van der Waals surface area contributed by atoms with Crippen molar-refractivity contribution in [3.05, 3.63) is 0 Å². The number of halogens is 3. The summed E-state index contributed by atoms with van der Waals surface area (Å²) < 4.78 is 0. The predicted octanol–water partition coefficient (Wildman–Crippen LogP) is 0.0830. The maximum Gasteiger partial charge on any atom is 0.239 e. The van der Waals surface area contributed by atoms with Gasteiger partial charge in [0, 0.05) is 38.6 Å². The zero-order valence-corrected chi connectivity index (χ0v) is 17.2. The summed E-state index contributed by atoms with van der Waals surface area (Å²) in [4.78, 5) is 29.7. The van der Waals surface area contributed by atoms with E-state index in [2.05, 4.69) is 16.8 Å². The van der Waals surface area contributed by atoms with Crippen LogP contribution in [0.3, 0.4) is 0 Å². The molecule has 1 atom stereocenters. The number of nitrogens with zero attached hydrogens (tertiary/aromatic N) is 3. The van der Waals surface area contributed by atoms with E-state index in [1.165, 1.54) is 12.8 Å². The highest BCUT2D eigenvalue weighted by Gasteiger charge is 2.29. The lowest BCUT2D eigenvalue weighted by molar-refractivity contribution is -0.135. The number of carbonyl (C=O) groups is 2. The van der Waals surface area contributed by atoms with Crippen LogP contribution in [0.15, 0.2) is 0 Å². The molecule has 150 valence electrons. The van der Waals surface area contributed by atoms with Crippen LogP contribution in [-0.2, 0) is 9.59 Å². The maximum atomic E-state index is 12.3. The predicted molar refractivity (Wildman–Crippen MR) is 107 cm³/mol. The molecule has 0 spiro atoms. The summed E-state index contributed by atoms with van der Waals surface area (Å²) in [5, 5.41) is 0.